The summed E-state index contributed by atoms with van der Waals surface area (Å²) in [6.07, 6.45) is 5.60. The first-order valence-corrected chi connectivity index (χ1v) is 9.35. The lowest BCUT2D eigenvalue weighted by atomic mass is 10.0. The molecule has 2 aromatic rings. The van der Waals surface area contributed by atoms with Crippen LogP contribution in [0.2, 0.25) is 0 Å². The zero-order chi connectivity index (χ0) is 18.4. The van der Waals surface area contributed by atoms with E-state index >= 15 is 0 Å². The molecule has 0 radical (unpaired) electrons. The molecule has 0 saturated carbocycles. The van der Waals surface area contributed by atoms with Crippen molar-refractivity contribution in [2.45, 2.75) is 44.7 Å². The molecule has 1 atom stereocenters. The summed E-state index contributed by atoms with van der Waals surface area (Å²) in [5, 5.41) is 2.90. The Kier molecular flexibility index (Phi) is 6.22. The number of amides is 2. The van der Waals surface area contributed by atoms with Crippen molar-refractivity contribution in [3.63, 3.8) is 0 Å². The highest BCUT2D eigenvalue weighted by Crippen LogP contribution is 2.18. The number of fused-ring (bicyclic) bond motifs is 1. The summed E-state index contributed by atoms with van der Waals surface area (Å²) < 4.78 is 2.02. The van der Waals surface area contributed by atoms with Gasteiger partial charge in [0.2, 0.25) is 11.8 Å². The summed E-state index contributed by atoms with van der Waals surface area (Å²) >= 11 is 0. The van der Waals surface area contributed by atoms with E-state index < -0.39 is 0 Å². The molecule has 1 fully saturated rings. The molecule has 1 aliphatic heterocycles. The third-order valence-corrected chi connectivity index (χ3v) is 4.95. The van der Waals surface area contributed by atoms with Crippen LogP contribution in [0.5, 0.6) is 0 Å². The molecule has 1 aromatic carbocycles. The second kappa shape index (κ2) is 8.80. The molecule has 1 aliphatic rings. The number of hydrogen-bond acceptors (Lipinski definition) is 4. The van der Waals surface area contributed by atoms with Gasteiger partial charge in [-0.15, -0.1) is 0 Å². The van der Waals surface area contributed by atoms with E-state index in [-0.39, 0.29) is 17.9 Å². The first-order chi connectivity index (χ1) is 12.7. The van der Waals surface area contributed by atoms with Crippen molar-refractivity contribution >= 4 is 22.8 Å². The standard InChI is InChI=1S/C19H27N5O2/c20-10-8-18(25)21-13-15-5-3-4-11-24(15)19(26)9-12-23-14-22-16-6-1-2-7-17(16)23/h1-2,6-7,14-15H,3-5,8-13,20H2,(H,21,25). The van der Waals surface area contributed by atoms with Crippen molar-refractivity contribution in [1.29, 1.82) is 0 Å². The van der Waals surface area contributed by atoms with Crippen molar-refractivity contribution in [1.82, 2.24) is 19.8 Å². The van der Waals surface area contributed by atoms with Crippen LogP contribution in [0.15, 0.2) is 30.6 Å². The highest BCUT2D eigenvalue weighted by molar-refractivity contribution is 5.78. The Morgan fingerprint density at radius 3 is 2.92 bits per heavy atom. The lowest BCUT2D eigenvalue weighted by Crippen LogP contribution is -2.49. The molecule has 0 bridgehead atoms. The number of nitrogens with zero attached hydrogens (tertiary/aromatic N) is 3. The van der Waals surface area contributed by atoms with Crippen molar-refractivity contribution in [3.8, 4) is 0 Å². The highest BCUT2D eigenvalue weighted by atomic mass is 16.2. The van der Waals surface area contributed by atoms with E-state index in [0.717, 1.165) is 36.8 Å². The van der Waals surface area contributed by atoms with Crippen molar-refractivity contribution in [2.75, 3.05) is 19.6 Å². The lowest BCUT2D eigenvalue weighted by Gasteiger charge is -2.36. The minimum atomic E-state index is -0.0460. The molecular weight excluding hydrogens is 330 g/mol. The number of nitrogens with two attached hydrogens (primary N) is 1. The third-order valence-electron chi connectivity index (χ3n) is 4.95. The molecule has 7 nitrogen and oxygen atoms in total. The maximum Gasteiger partial charge on any atom is 0.224 e. The number of rotatable bonds is 7. The van der Waals surface area contributed by atoms with Gasteiger partial charge in [0.1, 0.15) is 0 Å². The average molecular weight is 357 g/mol. The maximum absolute atomic E-state index is 12.8. The van der Waals surface area contributed by atoms with Crippen LogP contribution in [0.25, 0.3) is 11.0 Å². The van der Waals surface area contributed by atoms with Crippen molar-refractivity contribution < 1.29 is 9.59 Å². The number of carbonyl (C=O) groups is 2. The molecule has 1 unspecified atom stereocenters. The number of nitrogens with one attached hydrogen (secondary N) is 1. The summed E-state index contributed by atoms with van der Waals surface area (Å²) in [5.74, 6) is 0.0934. The molecule has 3 N–H and O–H groups in total. The first kappa shape index (κ1) is 18.4. The quantitative estimate of drug-likeness (QED) is 0.780. The van der Waals surface area contributed by atoms with Gasteiger partial charge in [-0.2, -0.15) is 0 Å². The fourth-order valence-electron chi connectivity index (χ4n) is 3.54. The maximum atomic E-state index is 12.8. The molecule has 7 heteroatoms. The molecule has 2 heterocycles. The molecule has 3 rings (SSSR count). The minimum Gasteiger partial charge on any atom is -0.354 e. The summed E-state index contributed by atoms with van der Waals surface area (Å²) in [5.41, 5.74) is 7.40. The summed E-state index contributed by atoms with van der Waals surface area (Å²) in [6, 6.07) is 8.01. The van der Waals surface area contributed by atoms with Gasteiger partial charge in [0.05, 0.1) is 17.4 Å². The monoisotopic (exact) mass is 357 g/mol. The molecule has 1 aromatic heterocycles. The molecule has 1 saturated heterocycles. The van der Waals surface area contributed by atoms with E-state index in [4.69, 9.17) is 5.73 Å². The Hall–Kier alpha value is -2.41. The number of aromatic nitrogens is 2. The largest absolute Gasteiger partial charge is 0.354 e. The Bertz CT molecular complexity index is 757. The predicted molar refractivity (Wildman–Crippen MR) is 100 cm³/mol. The number of imidazole rings is 1. The Morgan fingerprint density at radius 1 is 1.23 bits per heavy atom. The zero-order valence-electron chi connectivity index (χ0n) is 15.1. The average Bonchev–Trinajstić information content (AvgIpc) is 3.08. The fourth-order valence-corrected chi connectivity index (χ4v) is 3.54. The topological polar surface area (TPSA) is 93.3 Å². The second-order valence-corrected chi connectivity index (χ2v) is 6.76. The smallest absolute Gasteiger partial charge is 0.224 e. The molecule has 0 aliphatic carbocycles. The number of hydrogen-bond donors (Lipinski definition) is 2. The Morgan fingerprint density at radius 2 is 2.08 bits per heavy atom. The SMILES string of the molecule is NCCC(=O)NCC1CCCCN1C(=O)CCn1cnc2ccccc21. The van der Waals surface area contributed by atoms with E-state index in [0.29, 0.717) is 32.5 Å². The predicted octanol–water partition coefficient (Wildman–Crippen LogP) is 1.27. The minimum absolute atomic E-state index is 0.0460. The van der Waals surface area contributed by atoms with E-state index in [1.807, 2.05) is 33.7 Å². The molecule has 26 heavy (non-hydrogen) atoms. The number of piperidine rings is 1. The van der Waals surface area contributed by atoms with Gasteiger partial charge in [-0.3, -0.25) is 9.59 Å². The van der Waals surface area contributed by atoms with Crippen LogP contribution in [0.3, 0.4) is 0 Å². The number of aryl methyl sites for hydroxylation is 1. The van der Waals surface area contributed by atoms with Gasteiger partial charge >= 0.3 is 0 Å². The number of para-hydroxylation sites is 2. The second-order valence-electron chi connectivity index (χ2n) is 6.76. The van der Waals surface area contributed by atoms with E-state index in [1.54, 1.807) is 6.33 Å². The number of benzene rings is 1. The van der Waals surface area contributed by atoms with Gasteiger partial charge in [0, 0.05) is 45.1 Å². The van der Waals surface area contributed by atoms with Crippen LogP contribution in [-0.2, 0) is 16.1 Å². The van der Waals surface area contributed by atoms with Crippen LogP contribution in [0.1, 0.15) is 32.1 Å². The van der Waals surface area contributed by atoms with Gasteiger partial charge in [-0.1, -0.05) is 12.1 Å². The van der Waals surface area contributed by atoms with Crippen LogP contribution in [0.4, 0.5) is 0 Å². The lowest BCUT2D eigenvalue weighted by molar-refractivity contribution is -0.135. The Labute approximate surface area is 153 Å². The number of likely N-dealkylation sites (tertiary alicyclic amines) is 1. The summed E-state index contributed by atoms with van der Waals surface area (Å²) in [7, 11) is 0. The molecule has 2 amide bonds. The first-order valence-electron chi connectivity index (χ1n) is 9.35. The van der Waals surface area contributed by atoms with Crippen LogP contribution in [0, 0.1) is 0 Å². The van der Waals surface area contributed by atoms with Crippen LogP contribution >= 0.6 is 0 Å². The van der Waals surface area contributed by atoms with Crippen molar-refractivity contribution in [2.24, 2.45) is 5.73 Å². The van der Waals surface area contributed by atoms with E-state index in [1.165, 1.54) is 0 Å². The number of carbonyl (C=O) groups excluding carboxylic acids is 2. The highest BCUT2D eigenvalue weighted by Gasteiger charge is 2.26. The zero-order valence-corrected chi connectivity index (χ0v) is 15.1. The van der Waals surface area contributed by atoms with Crippen LogP contribution in [-0.4, -0.2) is 51.9 Å². The Balaban J connectivity index is 1.57. The van der Waals surface area contributed by atoms with E-state index in [9.17, 15) is 9.59 Å². The summed E-state index contributed by atoms with van der Waals surface area (Å²) in [6.45, 7) is 2.24. The normalized spacial score (nSPS) is 17.4. The summed E-state index contributed by atoms with van der Waals surface area (Å²) in [4.78, 5) is 30.7. The van der Waals surface area contributed by atoms with Gasteiger partial charge in [0.15, 0.2) is 0 Å². The van der Waals surface area contributed by atoms with Gasteiger partial charge < -0.3 is 20.5 Å². The van der Waals surface area contributed by atoms with Gasteiger partial charge in [-0.05, 0) is 31.4 Å². The molecular formula is C19H27N5O2. The van der Waals surface area contributed by atoms with Gasteiger partial charge in [0.25, 0.3) is 0 Å². The van der Waals surface area contributed by atoms with Crippen LogP contribution < -0.4 is 11.1 Å². The van der Waals surface area contributed by atoms with Gasteiger partial charge in [-0.25, -0.2) is 4.98 Å². The van der Waals surface area contributed by atoms with E-state index in [2.05, 4.69) is 10.3 Å². The molecule has 140 valence electrons. The van der Waals surface area contributed by atoms with Crippen molar-refractivity contribution in [3.05, 3.63) is 30.6 Å². The third kappa shape index (κ3) is 4.40. The molecule has 0 spiro atoms. The fraction of sp³-hybridized carbons (Fsp3) is 0.526.